The van der Waals surface area contributed by atoms with Crippen LogP contribution in [0, 0.1) is 0 Å². The maximum absolute atomic E-state index is 12.1. The molecule has 0 bridgehead atoms. The van der Waals surface area contributed by atoms with Crippen molar-refractivity contribution in [3.05, 3.63) is 0 Å². The molecule has 0 spiro atoms. The predicted molar refractivity (Wildman–Crippen MR) is 77.1 cm³/mol. The number of carbonyl (C=O) groups excluding carboxylic acids is 1. The van der Waals surface area contributed by atoms with Gasteiger partial charge < -0.3 is 20.7 Å². The highest BCUT2D eigenvalue weighted by Crippen LogP contribution is 2.23. The molecule has 1 amide bonds. The second kappa shape index (κ2) is 7.10. The second-order valence-corrected chi connectivity index (χ2v) is 6.35. The summed E-state index contributed by atoms with van der Waals surface area (Å²) in [5.74, 6) is 0. The minimum absolute atomic E-state index is 0.180. The average molecular weight is 271 g/mol. The van der Waals surface area contributed by atoms with Crippen LogP contribution in [0.25, 0.3) is 0 Å². The van der Waals surface area contributed by atoms with Crippen LogP contribution in [0.1, 0.15) is 47.0 Å². The first kappa shape index (κ1) is 16.2. The van der Waals surface area contributed by atoms with Gasteiger partial charge in [0.15, 0.2) is 0 Å². The van der Waals surface area contributed by atoms with E-state index < -0.39 is 5.60 Å². The Hall–Kier alpha value is -0.810. The maximum Gasteiger partial charge on any atom is 0.410 e. The molecule has 0 aliphatic carbocycles. The lowest BCUT2D eigenvalue weighted by Crippen LogP contribution is -2.43. The summed E-state index contributed by atoms with van der Waals surface area (Å²) >= 11 is 0. The SMILES string of the molecule is CC(CC1CCCN1C(=O)OC(C)(C)C)NCCN. The molecule has 0 saturated carbocycles. The van der Waals surface area contributed by atoms with Gasteiger partial charge in [-0.05, 0) is 47.0 Å². The van der Waals surface area contributed by atoms with Gasteiger partial charge in [0.25, 0.3) is 0 Å². The maximum atomic E-state index is 12.1. The fraction of sp³-hybridized carbons (Fsp3) is 0.929. The van der Waals surface area contributed by atoms with Crippen molar-refractivity contribution in [1.29, 1.82) is 0 Å². The van der Waals surface area contributed by atoms with Gasteiger partial charge in [0.2, 0.25) is 0 Å². The molecule has 2 unspecified atom stereocenters. The third-order valence-electron chi connectivity index (χ3n) is 3.27. The van der Waals surface area contributed by atoms with Crippen LogP contribution in [0.2, 0.25) is 0 Å². The predicted octanol–water partition coefficient (Wildman–Crippen LogP) is 1.71. The van der Waals surface area contributed by atoms with Crippen molar-refractivity contribution in [3.8, 4) is 0 Å². The van der Waals surface area contributed by atoms with Crippen LogP contribution in [0.15, 0.2) is 0 Å². The van der Waals surface area contributed by atoms with E-state index in [4.69, 9.17) is 10.5 Å². The zero-order valence-corrected chi connectivity index (χ0v) is 12.7. The lowest BCUT2D eigenvalue weighted by Gasteiger charge is -2.30. The summed E-state index contributed by atoms with van der Waals surface area (Å²) < 4.78 is 5.46. The molecule has 1 heterocycles. The molecule has 19 heavy (non-hydrogen) atoms. The van der Waals surface area contributed by atoms with Gasteiger partial charge in [-0.25, -0.2) is 4.79 Å². The highest BCUT2D eigenvalue weighted by atomic mass is 16.6. The molecule has 0 aromatic heterocycles. The lowest BCUT2D eigenvalue weighted by molar-refractivity contribution is 0.0215. The zero-order chi connectivity index (χ0) is 14.5. The Morgan fingerprint density at radius 2 is 2.21 bits per heavy atom. The number of carbonyl (C=O) groups is 1. The molecule has 112 valence electrons. The fourth-order valence-corrected chi connectivity index (χ4v) is 2.46. The number of amides is 1. The van der Waals surface area contributed by atoms with E-state index in [1.54, 1.807) is 0 Å². The molecule has 5 heteroatoms. The van der Waals surface area contributed by atoms with Crippen molar-refractivity contribution in [2.45, 2.75) is 64.6 Å². The highest BCUT2D eigenvalue weighted by Gasteiger charge is 2.32. The van der Waals surface area contributed by atoms with Crippen molar-refractivity contribution >= 4 is 6.09 Å². The number of nitrogens with zero attached hydrogens (tertiary/aromatic N) is 1. The molecule has 1 aliphatic heterocycles. The average Bonchev–Trinajstić information content (AvgIpc) is 2.72. The van der Waals surface area contributed by atoms with Gasteiger partial charge in [0.05, 0.1) is 0 Å². The zero-order valence-electron chi connectivity index (χ0n) is 12.7. The Morgan fingerprint density at radius 1 is 1.53 bits per heavy atom. The van der Waals surface area contributed by atoms with Crippen molar-refractivity contribution < 1.29 is 9.53 Å². The van der Waals surface area contributed by atoms with Crippen molar-refractivity contribution in [1.82, 2.24) is 10.2 Å². The summed E-state index contributed by atoms with van der Waals surface area (Å²) in [6.07, 6.45) is 2.90. The van der Waals surface area contributed by atoms with Gasteiger partial charge >= 0.3 is 6.09 Å². The van der Waals surface area contributed by atoms with Crippen LogP contribution in [-0.4, -0.2) is 48.3 Å². The Kier molecular flexibility index (Phi) is 6.07. The van der Waals surface area contributed by atoms with E-state index in [1.165, 1.54) is 0 Å². The number of nitrogens with two attached hydrogens (primary N) is 1. The third kappa shape index (κ3) is 5.78. The molecular formula is C14H29N3O2. The highest BCUT2D eigenvalue weighted by molar-refractivity contribution is 5.68. The Bertz CT molecular complexity index is 289. The van der Waals surface area contributed by atoms with E-state index in [9.17, 15) is 4.79 Å². The van der Waals surface area contributed by atoms with E-state index >= 15 is 0 Å². The number of likely N-dealkylation sites (tertiary alicyclic amines) is 1. The largest absolute Gasteiger partial charge is 0.444 e. The topological polar surface area (TPSA) is 67.6 Å². The Labute approximate surface area is 116 Å². The molecule has 1 rings (SSSR count). The van der Waals surface area contributed by atoms with Crippen LogP contribution in [0.3, 0.4) is 0 Å². The molecule has 5 nitrogen and oxygen atoms in total. The monoisotopic (exact) mass is 271 g/mol. The fourth-order valence-electron chi connectivity index (χ4n) is 2.46. The van der Waals surface area contributed by atoms with Crippen LogP contribution in [-0.2, 0) is 4.74 Å². The summed E-state index contributed by atoms with van der Waals surface area (Å²) in [7, 11) is 0. The first-order chi connectivity index (χ1) is 8.83. The number of hydrogen-bond acceptors (Lipinski definition) is 4. The van der Waals surface area contributed by atoms with Crippen molar-refractivity contribution in [2.24, 2.45) is 5.73 Å². The normalized spacial score (nSPS) is 21.5. The van der Waals surface area contributed by atoms with E-state index in [1.807, 2.05) is 25.7 Å². The lowest BCUT2D eigenvalue weighted by atomic mass is 10.1. The first-order valence-corrected chi connectivity index (χ1v) is 7.26. The molecule has 0 aromatic rings. The van der Waals surface area contributed by atoms with E-state index in [2.05, 4.69) is 12.2 Å². The number of ether oxygens (including phenoxy) is 1. The summed E-state index contributed by atoms with van der Waals surface area (Å²) in [6, 6.07) is 0.659. The molecule has 0 radical (unpaired) electrons. The van der Waals surface area contributed by atoms with Crippen molar-refractivity contribution in [2.75, 3.05) is 19.6 Å². The van der Waals surface area contributed by atoms with Gasteiger partial charge in [-0.3, -0.25) is 0 Å². The van der Waals surface area contributed by atoms with Gasteiger partial charge in [-0.15, -0.1) is 0 Å². The molecule has 0 aromatic carbocycles. The van der Waals surface area contributed by atoms with E-state index in [0.29, 0.717) is 12.6 Å². The van der Waals surface area contributed by atoms with Crippen LogP contribution in [0.4, 0.5) is 4.79 Å². The minimum Gasteiger partial charge on any atom is -0.444 e. The summed E-state index contributed by atoms with van der Waals surface area (Å²) in [5.41, 5.74) is 5.06. The summed E-state index contributed by atoms with van der Waals surface area (Å²) in [4.78, 5) is 14.0. The summed E-state index contributed by atoms with van der Waals surface area (Å²) in [6.45, 7) is 10.1. The van der Waals surface area contributed by atoms with Crippen LogP contribution >= 0.6 is 0 Å². The molecule has 1 fully saturated rings. The molecule has 1 saturated heterocycles. The smallest absolute Gasteiger partial charge is 0.410 e. The molecule has 2 atom stereocenters. The summed E-state index contributed by atoms with van der Waals surface area (Å²) in [5, 5.41) is 3.36. The number of rotatable bonds is 5. The van der Waals surface area contributed by atoms with Gasteiger partial charge in [0.1, 0.15) is 5.60 Å². The standard InChI is InChI=1S/C14H29N3O2/c1-11(16-8-7-15)10-12-6-5-9-17(12)13(18)19-14(2,3)4/h11-12,16H,5-10,15H2,1-4H3. The Morgan fingerprint density at radius 3 is 2.79 bits per heavy atom. The van der Waals surface area contributed by atoms with Gasteiger partial charge in [0, 0.05) is 31.7 Å². The number of nitrogens with one attached hydrogen (secondary N) is 1. The molecule has 1 aliphatic rings. The molecular weight excluding hydrogens is 242 g/mol. The van der Waals surface area contributed by atoms with Gasteiger partial charge in [-0.1, -0.05) is 0 Å². The quantitative estimate of drug-likeness (QED) is 0.799. The van der Waals surface area contributed by atoms with Crippen LogP contribution in [0.5, 0.6) is 0 Å². The van der Waals surface area contributed by atoms with E-state index in [0.717, 1.165) is 32.4 Å². The van der Waals surface area contributed by atoms with E-state index in [-0.39, 0.29) is 12.1 Å². The number of hydrogen-bond donors (Lipinski definition) is 2. The van der Waals surface area contributed by atoms with Crippen molar-refractivity contribution in [3.63, 3.8) is 0 Å². The minimum atomic E-state index is -0.423. The van der Waals surface area contributed by atoms with Crippen LogP contribution < -0.4 is 11.1 Å². The second-order valence-electron chi connectivity index (χ2n) is 6.35. The first-order valence-electron chi connectivity index (χ1n) is 7.26. The Balaban J connectivity index is 2.47. The third-order valence-corrected chi connectivity index (χ3v) is 3.27. The molecule has 3 N–H and O–H groups in total. The van der Waals surface area contributed by atoms with Gasteiger partial charge in [-0.2, -0.15) is 0 Å².